The Morgan fingerprint density at radius 3 is 2.81 bits per heavy atom. The molecule has 0 bridgehead atoms. The van der Waals surface area contributed by atoms with Crippen LogP contribution in [0.1, 0.15) is 30.6 Å². The number of hydrogen-bond acceptors (Lipinski definition) is 4. The number of aromatic nitrogens is 1. The van der Waals surface area contributed by atoms with Crippen LogP contribution in [0.3, 0.4) is 0 Å². The van der Waals surface area contributed by atoms with Gasteiger partial charge in [0.1, 0.15) is 5.52 Å². The molecule has 2 rings (SSSR count). The highest BCUT2D eigenvalue weighted by molar-refractivity contribution is 6.02. The average molecular weight is 288 g/mol. The Kier molecular flexibility index (Phi) is 4.75. The Morgan fingerprint density at radius 1 is 1.38 bits per heavy atom. The molecule has 0 spiro atoms. The molecule has 112 valence electrons. The summed E-state index contributed by atoms with van der Waals surface area (Å²) in [6.45, 7) is 3.83. The van der Waals surface area contributed by atoms with Crippen LogP contribution in [-0.2, 0) is 0 Å². The SMILES string of the molecule is CC[C@H](C)C(CO)NC(=O)c1ccc2cccnc2c1O. The molecule has 0 aliphatic heterocycles. The van der Waals surface area contributed by atoms with Gasteiger partial charge in [-0.3, -0.25) is 9.78 Å². The van der Waals surface area contributed by atoms with E-state index >= 15 is 0 Å². The molecule has 0 saturated carbocycles. The van der Waals surface area contributed by atoms with Gasteiger partial charge in [-0.15, -0.1) is 0 Å². The summed E-state index contributed by atoms with van der Waals surface area (Å²) in [5.74, 6) is -0.384. The lowest BCUT2D eigenvalue weighted by Crippen LogP contribution is -2.41. The van der Waals surface area contributed by atoms with Crippen molar-refractivity contribution in [1.82, 2.24) is 10.3 Å². The van der Waals surface area contributed by atoms with Crippen LogP contribution < -0.4 is 5.32 Å². The molecule has 2 aromatic rings. The average Bonchev–Trinajstić information content (AvgIpc) is 2.52. The van der Waals surface area contributed by atoms with Crippen LogP contribution in [0.25, 0.3) is 10.9 Å². The van der Waals surface area contributed by atoms with Gasteiger partial charge in [-0.25, -0.2) is 0 Å². The van der Waals surface area contributed by atoms with Crippen LogP contribution in [0, 0.1) is 5.92 Å². The summed E-state index contributed by atoms with van der Waals surface area (Å²) in [7, 11) is 0. The van der Waals surface area contributed by atoms with Crippen molar-refractivity contribution < 1.29 is 15.0 Å². The molecule has 3 N–H and O–H groups in total. The summed E-state index contributed by atoms with van der Waals surface area (Å²) in [6.07, 6.45) is 2.41. The van der Waals surface area contributed by atoms with E-state index in [0.29, 0.717) is 5.52 Å². The number of aliphatic hydroxyl groups excluding tert-OH is 1. The zero-order valence-electron chi connectivity index (χ0n) is 12.2. The molecule has 0 radical (unpaired) electrons. The fourth-order valence-corrected chi connectivity index (χ4v) is 2.21. The lowest BCUT2D eigenvalue weighted by Gasteiger charge is -2.22. The van der Waals surface area contributed by atoms with Gasteiger partial charge in [-0.1, -0.05) is 32.4 Å². The van der Waals surface area contributed by atoms with Crippen molar-refractivity contribution in [2.24, 2.45) is 5.92 Å². The minimum absolute atomic E-state index is 0.132. The van der Waals surface area contributed by atoms with Crippen molar-refractivity contribution in [3.05, 3.63) is 36.0 Å². The summed E-state index contributed by atoms with van der Waals surface area (Å²) in [4.78, 5) is 16.4. The fraction of sp³-hybridized carbons (Fsp3) is 0.375. The van der Waals surface area contributed by atoms with Crippen LogP contribution in [-0.4, -0.2) is 33.8 Å². The molecular formula is C16H20N2O3. The number of hydrogen-bond donors (Lipinski definition) is 3. The van der Waals surface area contributed by atoms with Crippen molar-refractivity contribution in [1.29, 1.82) is 0 Å². The molecular weight excluding hydrogens is 268 g/mol. The fourth-order valence-electron chi connectivity index (χ4n) is 2.21. The zero-order valence-corrected chi connectivity index (χ0v) is 12.2. The van der Waals surface area contributed by atoms with Gasteiger partial charge < -0.3 is 15.5 Å². The molecule has 1 aromatic carbocycles. The second-order valence-electron chi connectivity index (χ2n) is 5.18. The molecule has 1 heterocycles. The number of rotatable bonds is 5. The molecule has 1 aromatic heterocycles. The van der Waals surface area contributed by atoms with Gasteiger partial charge in [0.2, 0.25) is 0 Å². The maximum absolute atomic E-state index is 12.3. The number of carbonyl (C=O) groups excluding carboxylic acids is 1. The molecule has 2 atom stereocenters. The third-order valence-corrected chi connectivity index (χ3v) is 3.84. The van der Waals surface area contributed by atoms with E-state index in [9.17, 15) is 15.0 Å². The van der Waals surface area contributed by atoms with Gasteiger partial charge in [-0.2, -0.15) is 0 Å². The Morgan fingerprint density at radius 2 is 2.14 bits per heavy atom. The molecule has 0 aliphatic carbocycles. The quantitative estimate of drug-likeness (QED) is 0.786. The van der Waals surface area contributed by atoms with E-state index in [-0.39, 0.29) is 29.9 Å². The van der Waals surface area contributed by atoms with E-state index in [2.05, 4.69) is 10.3 Å². The van der Waals surface area contributed by atoms with E-state index in [1.165, 1.54) is 0 Å². The van der Waals surface area contributed by atoms with Crippen molar-refractivity contribution in [2.75, 3.05) is 6.61 Å². The van der Waals surface area contributed by atoms with Crippen molar-refractivity contribution in [3.8, 4) is 5.75 Å². The van der Waals surface area contributed by atoms with Gasteiger partial charge in [-0.05, 0) is 18.1 Å². The van der Waals surface area contributed by atoms with E-state index in [1.807, 2.05) is 19.9 Å². The van der Waals surface area contributed by atoms with E-state index in [1.54, 1.807) is 24.4 Å². The van der Waals surface area contributed by atoms with E-state index in [4.69, 9.17) is 0 Å². The molecule has 0 fully saturated rings. The molecule has 5 heteroatoms. The topological polar surface area (TPSA) is 82.5 Å². The zero-order chi connectivity index (χ0) is 15.4. The van der Waals surface area contributed by atoms with Gasteiger partial charge in [0.05, 0.1) is 18.2 Å². The van der Waals surface area contributed by atoms with Crippen LogP contribution in [0.5, 0.6) is 5.75 Å². The number of nitrogens with one attached hydrogen (secondary N) is 1. The highest BCUT2D eigenvalue weighted by Crippen LogP contribution is 2.26. The summed E-state index contributed by atoms with van der Waals surface area (Å²) >= 11 is 0. The van der Waals surface area contributed by atoms with Gasteiger partial charge in [0.25, 0.3) is 5.91 Å². The number of phenols is 1. The first-order valence-electron chi connectivity index (χ1n) is 7.06. The van der Waals surface area contributed by atoms with E-state index < -0.39 is 5.91 Å². The number of phenolic OH excluding ortho intramolecular Hbond substituents is 1. The monoisotopic (exact) mass is 288 g/mol. The standard InChI is InChI=1S/C16H20N2O3/c1-3-10(2)13(9-19)18-16(21)12-7-6-11-5-4-8-17-14(11)15(12)20/h4-8,10,13,19-20H,3,9H2,1-2H3,(H,18,21)/t10-,13?/m0/s1. The number of pyridine rings is 1. The summed E-state index contributed by atoms with van der Waals surface area (Å²) in [5, 5.41) is 23.1. The number of amides is 1. The first-order valence-corrected chi connectivity index (χ1v) is 7.06. The first kappa shape index (κ1) is 15.3. The molecule has 1 amide bonds. The predicted octanol–water partition coefficient (Wildman–Crippen LogP) is 2.08. The summed E-state index contributed by atoms with van der Waals surface area (Å²) in [5.41, 5.74) is 0.567. The van der Waals surface area contributed by atoms with Crippen LogP contribution in [0.15, 0.2) is 30.5 Å². The second kappa shape index (κ2) is 6.54. The molecule has 5 nitrogen and oxygen atoms in total. The largest absolute Gasteiger partial charge is 0.505 e. The number of benzene rings is 1. The maximum Gasteiger partial charge on any atom is 0.255 e. The second-order valence-corrected chi connectivity index (χ2v) is 5.18. The number of fused-ring (bicyclic) bond motifs is 1. The Labute approximate surface area is 123 Å². The number of nitrogens with zero attached hydrogens (tertiary/aromatic N) is 1. The first-order chi connectivity index (χ1) is 10.1. The molecule has 21 heavy (non-hydrogen) atoms. The van der Waals surface area contributed by atoms with Crippen LogP contribution >= 0.6 is 0 Å². The van der Waals surface area contributed by atoms with E-state index in [0.717, 1.165) is 11.8 Å². The minimum Gasteiger partial charge on any atom is -0.505 e. The predicted molar refractivity (Wildman–Crippen MR) is 81.2 cm³/mol. The van der Waals surface area contributed by atoms with Crippen molar-refractivity contribution in [2.45, 2.75) is 26.3 Å². The smallest absolute Gasteiger partial charge is 0.255 e. The van der Waals surface area contributed by atoms with Gasteiger partial charge >= 0.3 is 0 Å². The number of aliphatic hydroxyl groups is 1. The lowest BCUT2D eigenvalue weighted by molar-refractivity contribution is 0.0889. The number of aromatic hydroxyl groups is 1. The third-order valence-electron chi connectivity index (χ3n) is 3.84. The molecule has 1 unspecified atom stereocenters. The number of carbonyl (C=O) groups is 1. The summed E-state index contributed by atoms with van der Waals surface area (Å²) < 4.78 is 0. The minimum atomic E-state index is -0.403. The Hall–Kier alpha value is -2.14. The van der Waals surface area contributed by atoms with Gasteiger partial charge in [0, 0.05) is 11.6 Å². The Balaban J connectivity index is 2.29. The maximum atomic E-state index is 12.3. The van der Waals surface area contributed by atoms with Crippen molar-refractivity contribution >= 4 is 16.8 Å². The molecule has 0 saturated heterocycles. The highest BCUT2D eigenvalue weighted by Gasteiger charge is 2.21. The summed E-state index contributed by atoms with van der Waals surface area (Å²) in [6, 6.07) is 6.57. The van der Waals surface area contributed by atoms with Crippen LogP contribution in [0.2, 0.25) is 0 Å². The third kappa shape index (κ3) is 3.13. The van der Waals surface area contributed by atoms with Crippen molar-refractivity contribution in [3.63, 3.8) is 0 Å². The highest BCUT2D eigenvalue weighted by atomic mass is 16.3. The lowest BCUT2D eigenvalue weighted by atomic mass is 9.99. The van der Waals surface area contributed by atoms with Crippen LogP contribution in [0.4, 0.5) is 0 Å². The Bertz CT molecular complexity index is 642. The normalized spacial score (nSPS) is 13.9. The van der Waals surface area contributed by atoms with Gasteiger partial charge in [0.15, 0.2) is 5.75 Å². The molecule has 0 aliphatic rings.